The quantitative estimate of drug-likeness (QED) is 0.697. The van der Waals surface area contributed by atoms with Crippen molar-refractivity contribution >= 4 is 17.7 Å². The molecule has 1 rings (SSSR count). The number of carboxylic acids is 1. The van der Waals surface area contributed by atoms with Crippen molar-refractivity contribution in [3.8, 4) is 0 Å². The molecular weight excluding hydrogens is 192 g/mol. The summed E-state index contributed by atoms with van der Waals surface area (Å²) in [5.41, 5.74) is 0. The van der Waals surface area contributed by atoms with Gasteiger partial charge < -0.3 is 14.6 Å². The summed E-state index contributed by atoms with van der Waals surface area (Å²) in [6.45, 7) is 0. The van der Waals surface area contributed by atoms with Gasteiger partial charge in [0.1, 0.15) is 0 Å². The van der Waals surface area contributed by atoms with Crippen LogP contribution in [0.2, 0.25) is 0 Å². The molecule has 0 spiro atoms. The van der Waals surface area contributed by atoms with Crippen molar-refractivity contribution in [3.05, 3.63) is 0 Å². The van der Waals surface area contributed by atoms with E-state index >= 15 is 0 Å². The highest BCUT2D eigenvalue weighted by Gasteiger charge is 2.46. The normalized spacial score (nSPS) is 27.1. The van der Waals surface area contributed by atoms with Crippen LogP contribution >= 0.6 is 11.8 Å². The van der Waals surface area contributed by atoms with E-state index in [0.717, 1.165) is 12.2 Å². The van der Waals surface area contributed by atoms with Crippen LogP contribution in [0.4, 0.5) is 0 Å². The molecule has 0 bridgehead atoms. The molecule has 1 fully saturated rings. The fourth-order valence-corrected chi connectivity index (χ4v) is 2.79. The van der Waals surface area contributed by atoms with Gasteiger partial charge in [-0.05, 0) is 12.2 Å². The monoisotopic (exact) mass is 206 g/mol. The highest BCUT2D eigenvalue weighted by atomic mass is 32.2. The molecule has 0 aromatic carbocycles. The van der Waals surface area contributed by atoms with E-state index in [2.05, 4.69) is 0 Å². The highest BCUT2D eigenvalue weighted by molar-refractivity contribution is 8.00. The number of hydrogen-bond acceptors (Lipinski definition) is 4. The Morgan fingerprint density at radius 1 is 1.54 bits per heavy atom. The zero-order valence-corrected chi connectivity index (χ0v) is 8.60. The molecule has 0 saturated carbocycles. The average Bonchev–Trinajstić information content (AvgIpc) is 2.17. The van der Waals surface area contributed by atoms with Crippen LogP contribution < -0.4 is 0 Å². The summed E-state index contributed by atoms with van der Waals surface area (Å²) in [6.07, 6.45) is 1.57. The van der Waals surface area contributed by atoms with Gasteiger partial charge in [-0.15, -0.1) is 11.8 Å². The van der Waals surface area contributed by atoms with E-state index in [1.54, 1.807) is 0 Å². The van der Waals surface area contributed by atoms with E-state index < -0.39 is 17.0 Å². The molecule has 1 aliphatic heterocycles. The summed E-state index contributed by atoms with van der Waals surface area (Å²) in [6, 6.07) is 0. The Morgan fingerprint density at radius 3 is 2.54 bits per heavy atom. The van der Waals surface area contributed by atoms with Gasteiger partial charge in [0.15, 0.2) is 11.0 Å². The van der Waals surface area contributed by atoms with Gasteiger partial charge in [-0.2, -0.15) is 0 Å². The first-order chi connectivity index (χ1) is 6.16. The van der Waals surface area contributed by atoms with Gasteiger partial charge in [0.2, 0.25) is 0 Å². The van der Waals surface area contributed by atoms with E-state index in [0.29, 0.717) is 6.42 Å². The van der Waals surface area contributed by atoms with Gasteiger partial charge in [0, 0.05) is 20.6 Å². The molecule has 5 heteroatoms. The van der Waals surface area contributed by atoms with Crippen LogP contribution in [0.3, 0.4) is 0 Å². The van der Waals surface area contributed by atoms with Crippen LogP contribution in [-0.2, 0) is 14.3 Å². The molecule has 1 saturated heterocycles. The Hall–Kier alpha value is -0.260. The summed E-state index contributed by atoms with van der Waals surface area (Å²) >= 11 is 1.38. The number of aliphatic carboxylic acids is 1. The van der Waals surface area contributed by atoms with Gasteiger partial charge in [0.25, 0.3) is 0 Å². The lowest BCUT2D eigenvalue weighted by Crippen LogP contribution is -2.50. The van der Waals surface area contributed by atoms with Crippen LogP contribution in [0.5, 0.6) is 0 Å². The summed E-state index contributed by atoms with van der Waals surface area (Å²) in [5, 5.41) is 8.34. The third-order valence-electron chi connectivity index (χ3n) is 2.27. The zero-order chi connectivity index (χ0) is 9.90. The SMILES string of the molecule is COC1(OC)CCCSC1C(=O)O. The Kier molecular flexibility index (Phi) is 3.58. The molecule has 1 aliphatic rings. The predicted molar refractivity (Wildman–Crippen MR) is 49.9 cm³/mol. The molecule has 76 valence electrons. The topological polar surface area (TPSA) is 55.8 Å². The number of carbonyl (C=O) groups is 1. The third kappa shape index (κ3) is 1.98. The first-order valence-electron chi connectivity index (χ1n) is 4.11. The summed E-state index contributed by atoms with van der Waals surface area (Å²) < 4.78 is 10.4. The largest absolute Gasteiger partial charge is 0.480 e. The Bertz CT molecular complexity index is 191. The number of carboxylic acid groups (broad SMARTS) is 1. The van der Waals surface area contributed by atoms with Gasteiger partial charge in [0.05, 0.1) is 0 Å². The van der Waals surface area contributed by atoms with Crippen molar-refractivity contribution in [1.82, 2.24) is 0 Å². The van der Waals surface area contributed by atoms with Crippen molar-refractivity contribution in [1.29, 1.82) is 0 Å². The molecule has 1 heterocycles. The second-order valence-electron chi connectivity index (χ2n) is 2.91. The predicted octanol–water partition coefficient (Wildman–Crippen LogP) is 0.956. The van der Waals surface area contributed by atoms with Crippen molar-refractivity contribution in [2.45, 2.75) is 23.9 Å². The van der Waals surface area contributed by atoms with Gasteiger partial charge in [-0.3, -0.25) is 4.79 Å². The molecule has 0 radical (unpaired) electrons. The molecular formula is C8H14O4S. The molecule has 0 aliphatic carbocycles. The van der Waals surface area contributed by atoms with Crippen LogP contribution in [-0.4, -0.2) is 42.1 Å². The average molecular weight is 206 g/mol. The summed E-state index contributed by atoms with van der Waals surface area (Å²) in [5.74, 6) is -0.950. The Morgan fingerprint density at radius 2 is 2.15 bits per heavy atom. The van der Waals surface area contributed by atoms with Gasteiger partial charge in [-0.25, -0.2) is 0 Å². The standard InChI is InChI=1S/C8H14O4S/c1-11-8(12-2)4-3-5-13-6(8)7(9)10/h6H,3-5H2,1-2H3,(H,9,10). The molecule has 13 heavy (non-hydrogen) atoms. The third-order valence-corrected chi connectivity index (χ3v) is 3.69. The van der Waals surface area contributed by atoms with Crippen LogP contribution in [0.15, 0.2) is 0 Å². The highest BCUT2D eigenvalue weighted by Crippen LogP contribution is 2.37. The fraction of sp³-hybridized carbons (Fsp3) is 0.875. The Balaban J connectivity index is 2.81. The maximum atomic E-state index is 10.9. The maximum Gasteiger partial charge on any atom is 0.322 e. The number of rotatable bonds is 3. The van der Waals surface area contributed by atoms with Crippen LogP contribution in [0, 0.1) is 0 Å². The molecule has 0 aromatic heterocycles. The van der Waals surface area contributed by atoms with E-state index in [-0.39, 0.29) is 0 Å². The van der Waals surface area contributed by atoms with Crippen molar-refractivity contribution < 1.29 is 19.4 Å². The van der Waals surface area contributed by atoms with Gasteiger partial charge in [-0.1, -0.05) is 0 Å². The van der Waals surface area contributed by atoms with E-state index in [9.17, 15) is 4.79 Å². The number of thioether (sulfide) groups is 1. The van der Waals surface area contributed by atoms with Gasteiger partial charge >= 0.3 is 5.97 Å². The van der Waals surface area contributed by atoms with E-state index in [4.69, 9.17) is 14.6 Å². The molecule has 1 N–H and O–H groups in total. The zero-order valence-electron chi connectivity index (χ0n) is 7.78. The molecule has 1 unspecified atom stereocenters. The summed E-state index contributed by atoms with van der Waals surface area (Å²) in [7, 11) is 2.98. The van der Waals surface area contributed by atoms with Crippen molar-refractivity contribution in [2.75, 3.05) is 20.0 Å². The second kappa shape index (κ2) is 4.30. The Labute approximate surface area is 81.6 Å². The second-order valence-corrected chi connectivity index (χ2v) is 4.13. The number of ether oxygens (including phenoxy) is 2. The first kappa shape index (κ1) is 10.8. The smallest absolute Gasteiger partial charge is 0.322 e. The first-order valence-corrected chi connectivity index (χ1v) is 5.16. The fourth-order valence-electron chi connectivity index (χ4n) is 1.54. The number of hydrogen-bond donors (Lipinski definition) is 1. The molecule has 0 amide bonds. The van der Waals surface area contributed by atoms with Crippen LogP contribution in [0.25, 0.3) is 0 Å². The van der Waals surface area contributed by atoms with Crippen molar-refractivity contribution in [3.63, 3.8) is 0 Å². The molecule has 0 aromatic rings. The van der Waals surface area contributed by atoms with Crippen molar-refractivity contribution in [2.24, 2.45) is 0 Å². The minimum atomic E-state index is -0.936. The maximum absolute atomic E-state index is 10.9. The molecule has 1 atom stereocenters. The molecule has 4 nitrogen and oxygen atoms in total. The minimum absolute atomic E-state index is 0.615. The van der Waals surface area contributed by atoms with Crippen LogP contribution in [0.1, 0.15) is 12.8 Å². The summed E-state index contributed by atoms with van der Waals surface area (Å²) in [4.78, 5) is 10.9. The van der Waals surface area contributed by atoms with E-state index in [1.807, 2.05) is 0 Å². The number of methoxy groups -OCH3 is 2. The lowest BCUT2D eigenvalue weighted by molar-refractivity contribution is -0.216. The minimum Gasteiger partial charge on any atom is -0.480 e. The van der Waals surface area contributed by atoms with E-state index in [1.165, 1.54) is 26.0 Å². The lowest BCUT2D eigenvalue weighted by atomic mass is 10.1. The lowest BCUT2D eigenvalue weighted by Gasteiger charge is -2.38.